The first-order chi connectivity index (χ1) is 50.6. The number of carboxylic acid groups (broad SMARTS) is 1. The Morgan fingerprint density at radius 2 is 0.839 bits per heavy atom. The second-order valence-electron chi connectivity index (χ2n) is 29.0. The average molecular weight is 1690 g/mol. The molecule has 0 unspecified atom stereocenters. The third kappa shape index (κ3) is 25.3. The van der Waals surface area contributed by atoms with Crippen LogP contribution in [-0.4, -0.2) is 133 Å². The molecule has 0 spiro atoms. The molecule has 112 heavy (non-hydrogen) atoms. The number of aliphatic hydroxyl groups excluding tert-OH is 3. The van der Waals surface area contributed by atoms with Crippen LogP contribution in [0.5, 0.6) is 0 Å². The van der Waals surface area contributed by atoms with Crippen molar-refractivity contribution in [3.05, 3.63) is 156 Å². The number of aliphatic hydroxyl groups is 3. The fourth-order valence-electron chi connectivity index (χ4n) is 12.5. The van der Waals surface area contributed by atoms with E-state index in [9.17, 15) is 66.5 Å². The maximum Gasteiger partial charge on any atom is 1.00 e. The molecule has 3 fully saturated rings. The topological polar surface area (TPSA) is 432 Å². The van der Waals surface area contributed by atoms with E-state index in [0.29, 0.717) is 53.9 Å². The molecule has 6 aromatic rings. The van der Waals surface area contributed by atoms with Gasteiger partial charge in [0.05, 0.1) is 57.2 Å². The van der Waals surface area contributed by atoms with Crippen LogP contribution in [0, 0.1) is 139 Å². The van der Waals surface area contributed by atoms with Crippen LogP contribution < -0.4 is 130 Å². The first kappa shape index (κ1) is 100. The molecule has 26 nitrogen and oxygen atoms in total. The Labute approximate surface area is 745 Å². The Morgan fingerprint density at radius 3 is 1.10 bits per heavy atom. The Morgan fingerprint density at radius 1 is 0.562 bits per heavy atom. The van der Waals surface area contributed by atoms with Crippen molar-refractivity contribution in [1.82, 2.24) is 13.7 Å². The molecule has 9 N–H and O–H groups in total. The van der Waals surface area contributed by atoms with E-state index < -0.39 is 109 Å². The second-order valence-corrected chi connectivity index (χ2v) is 38.5. The summed E-state index contributed by atoms with van der Waals surface area (Å²) in [7, 11) is 1.73. The smallest absolute Gasteiger partial charge is 1.00 e. The number of anilines is 3. The fraction of sp³-hybridized carbons (Fsp3) is 0.372. The van der Waals surface area contributed by atoms with Gasteiger partial charge in [0.15, 0.2) is 0 Å². The minimum atomic E-state index is -1.72. The molecule has 9 rings (SSSR count). The van der Waals surface area contributed by atoms with Gasteiger partial charge in [-0.05, 0) is 139 Å². The Bertz CT molecular complexity index is 5020. The molecule has 0 radical (unpaired) electrons. The summed E-state index contributed by atoms with van der Waals surface area (Å²) in [6.07, 6.45) is 6.49. The van der Waals surface area contributed by atoms with Crippen molar-refractivity contribution in [2.24, 2.45) is 37.7 Å². The number of nitrogens with one attached hydrogen (secondary N) is 3. The molecule has 3 heterocycles. The largest absolute Gasteiger partial charge is 1.00 e. The van der Waals surface area contributed by atoms with E-state index in [1.54, 1.807) is 60.0 Å². The molecule has 3 amide bonds. The summed E-state index contributed by atoms with van der Waals surface area (Å²) in [4.78, 5) is 125. The quantitative estimate of drug-likeness (QED) is 0.0124. The summed E-state index contributed by atoms with van der Waals surface area (Å²) < 4.78 is 45.0. The van der Waals surface area contributed by atoms with Crippen molar-refractivity contribution in [1.29, 1.82) is 15.8 Å². The number of nitriles is 3. The van der Waals surface area contributed by atoms with Gasteiger partial charge in [-0.1, -0.05) is 51.1 Å². The van der Waals surface area contributed by atoms with Crippen LogP contribution in [0.25, 0.3) is 0 Å². The number of carboxylic acids is 1. The van der Waals surface area contributed by atoms with Crippen LogP contribution >= 0.6 is 17.0 Å². The third-order valence-corrected chi connectivity index (χ3v) is 20.0. The SMILES string of the molecule is Br.C#CC1(CC(=O)C(=O)c2c(C)c(C(=O)Nc3ccc(F)c(C#N)c3)n(C)c2C)CC(O)C1.C[Si](C)(C)C#CC1(N)CC(O)C1.Cc1c(C(=O)C(=O)CC2(C#C[Si](C)(C)C)CC(O)C2)c(C)n(C)c1C(=O)Nc1ccc(F)c(C#N)c1.Cc1c(C(=O)C(=O)O)c(C)n(C)c1C(=O)Nc1ccc(F)c(C#N)c1.O=CO[O-].[H-].[K+].[K+]. The molecule has 0 aliphatic heterocycles. The number of nitrogens with two attached hydrogens (primary N) is 1. The van der Waals surface area contributed by atoms with Crippen molar-refractivity contribution < 1.29 is 196 Å². The number of halogens is 4. The summed E-state index contributed by atoms with van der Waals surface area (Å²) in [5.41, 5.74) is 13.3. The Balaban J connectivity index is 0.000000766. The van der Waals surface area contributed by atoms with Gasteiger partial charge in [0, 0.05) is 91.8 Å². The monoisotopic (exact) mass is 1690 g/mol. The molecule has 34 heteroatoms. The molecule has 3 aromatic carbocycles. The van der Waals surface area contributed by atoms with Crippen LogP contribution in [0.15, 0.2) is 54.6 Å². The zero-order chi connectivity index (χ0) is 82.5. The number of hydrogen-bond acceptors (Lipinski definition) is 19. The molecule has 0 atom stereocenters. The number of terminal acetylenes is 1. The zero-order valence-electron chi connectivity index (χ0n) is 66.2. The molecule has 3 aliphatic carbocycles. The van der Waals surface area contributed by atoms with E-state index in [-0.39, 0.29) is 238 Å². The van der Waals surface area contributed by atoms with E-state index in [1.165, 1.54) is 71.0 Å². The van der Waals surface area contributed by atoms with E-state index in [0.717, 1.165) is 18.2 Å². The van der Waals surface area contributed by atoms with Crippen LogP contribution in [0.4, 0.5) is 30.2 Å². The summed E-state index contributed by atoms with van der Waals surface area (Å²) in [5.74, 6) is -0.418. The summed E-state index contributed by atoms with van der Waals surface area (Å²) in [6.45, 7) is 22.1. The van der Waals surface area contributed by atoms with Crippen molar-refractivity contribution in [3.8, 4) is 53.5 Å². The number of benzene rings is 3. The summed E-state index contributed by atoms with van der Waals surface area (Å²) in [6, 6.07) is 15.9. The number of hydrogen-bond donors (Lipinski definition) is 8. The van der Waals surface area contributed by atoms with Gasteiger partial charge in [0.25, 0.3) is 30.0 Å². The van der Waals surface area contributed by atoms with Crippen LogP contribution in [-0.2, 0) is 45.2 Å². The number of rotatable bonds is 17. The normalized spacial score (nSPS) is 17.8. The van der Waals surface area contributed by atoms with Gasteiger partial charge in [0.2, 0.25) is 23.1 Å². The molecule has 3 aliphatic rings. The van der Waals surface area contributed by atoms with Crippen molar-refractivity contribution in [3.63, 3.8) is 0 Å². The number of aliphatic carboxylic acids is 1. The number of aromatic nitrogens is 3. The van der Waals surface area contributed by atoms with Gasteiger partial charge < -0.3 is 67.4 Å². The Kier molecular flexibility index (Phi) is 37.5. The number of carbonyl (C=O) groups excluding carboxylic acids is 9. The van der Waals surface area contributed by atoms with Gasteiger partial charge in [-0.15, -0.1) is 40.4 Å². The van der Waals surface area contributed by atoms with Crippen LogP contribution in [0.1, 0.15) is 166 Å². The van der Waals surface area contributed by atoms with Crippen molar-refractivity contribution in [2.45, 2.75) is 156 Å². The molecule has 0 bridgehead atoms. The second kappa shape index (κ2) is 41.9. The summed E-state index contributed by atoms with van der Waals surface area (Å²) in [5, 5.41) is 80.5. The Hall–Kier alpha value is -7.87. The van der Waals surface area contributed by atoms with Gasteiger partial charge >= 0.3 is 109 Å². The number of amides is 3. The van der Waals surface area contributed by atoms with Crippen LogP contribution in [0.2, 0.25) is 39.3 Å². The fourth-order valence-corrected chi connectivity index (χ4v) is 13.8. The minimum absolute atomic E-state index is 0. The van der Waals surface area contributed by atoms with Crippen LogP contribution in [0.3, 0.4) is 0 Å². The molecule has 0 saturated heterocycles. The maximum atomic E-state index is 13.6. The van der Waals surface area contributed by atoms with E-state index in [2.05, 4.69) is 89.0 Å². The molecule has 3 aromatic heterocycles. The first-order valence-electron chi connectivity index (χ1n) is 33.7. The predicted molar refractivity (Wildman–Crippen MR) is 409 cm³/mol. The van der Waals surface area contributed by atoms with E-state index in [1.807, 2.05) is 0 Å². The van der Waals surface area contributed by atoms with E-state index in [4.69, 9.17) is 48.2 Å². The third-order valence-electron chi connectivity index (χ3n) is 18.3. The summed E-state index contributed by atoms with van der Waals surface area (Å²) >= 11 is 0. The zero-order valence-corrected chi connectivity index (χ0v) is 75.2. The number of carbonyl (C=O) groups is 10. The van der Waals surface area contributed by atoms with E-state index >= 15 is 0 Å². The molecular formula is C78H86BrF3K2N10O16Si2. The van der Waals surface area contributed by atoms with Crippen molar-refractivity contribution >= 4 is 109 Å². The van der Waals surface area contributed by atoms with Gasteiger partial charge in [-0.2, -0.15) is 15.8 Å². The molecule has 582 valence electrons. The average Bonchev–Trinajstić information content (AvgIpc) is 1.68. The standard InChI is InChI=1S/C27H30FN3O4Si.C24H22FN3O4.C17H14FN3O4.C9H17NOSi.CH2O3.BrH.2K.H/c1-16-23(25(34)22(33)14-27(12-20(32)13-27)9-10-36(4,5)6)17(2)31(3)24(16)26(35)30-19-7-8-21(28)18(11-19)15-29;1-5-24(9-17(29)10-24)11-19(30)22(31)20-13(2)21(28(4)14(20)3)23(32)27-16-6-7-18(25)15(8-16)12-26;1-8-13(15(22)17(24)25)9(2)21(3)14(8)16(23)20-11-4-5-12(18)10(6-11)7-19;1-12(2,3)5-4-9(10)6-8(11)7-9;2-1-4-3;;;;/h7-8,11,20,32H,12-14H2,1-6H3,(H,30,35);1,6-8,17,29H,9-11H2,2-4H3,(H,27,32);4-6H,1-3H3,(H,20,23)(H,24,25);8,11H,6-7,10H2,1-3H3;1,3H;1H;;;/q;;;;;;2*+1;-1/p-1. The first-order valence-corrected chi connectivity index (χ1v) is 40.7. The number of Topliss-reactive ketones (excluding diaryl/α,β-unsaturated/α-hetero) is 5. The van der Waals surface area contributed by atoms with Crippen molar-refractivity contribution in [2.75, 3.05) is 16.0 Å². The predicted octanol–water partition coefficient (Wildman–Crippen LogP) is 2.91. The van der Waals surface area contributed by atoms with Gasteiger partial charge in [0.1, 0.15) is 68.9 Å². The van der Waals surface area contributed by atoms with Gasteiger partial charge in [-0.3, -0.25) is 43.2 Å². The van der Waals surface area contributed by atoms with Gasteiger partial charge in [-0.25, -0.2) is 18.0 Å². The number of ketones is 5. The molecule has 3 saturated carbocycles. The maximum absolute atomic E-state index is 13.6. The number of nitrogens with zero attached hydrogens (tertiary/aromatic N) is 6. The molecular weight excluding hydrogens is 1600 g/mol. The minimum Gasteiger partial charge on any atom is -1.00 e.